The standard InChI is InChI=1S/C17H22N2O3/c18-16(20)13-8-9-19(11-13)17(21)14-7-4-10-22-15(14)12-5-2-1-3-6-12/h1-3,5-6,13-15H,4,7-11H2,(H2,18,20)/t13-,14+,15+/m1/s1. The number of benzene rings is 1. The zero-order valence-electron chi connectivity index (χ0n) is 12.6. The summed E-state index contributed by atoms with van der Waals surface area (Å²) in [4.78, 5) is 25.9. The third kappa shape index (κ3) is 2.99. The minimum absolute atomic E-state index is 0.0947. The maximum absolute atomic E-state index is 12.8. The third-order valence-corrected chi connectivity index (χ3v) is 4.67. The molecular formula is C17H22N2O3. The number of carbonyl (C=O) groups is 2. The highest BCUT2D eigenvalue weighted by molar-refractivity contribution is 5.83. The Hall–Kier alpha value is -1.88. The van der Waals surface area contributed by atoms with Crippen LogP contribution in [0, 0.1) is 11.8 Å². The number of nitrogens with zero attached hydrogens (tertiary/aromatic N) is 1. The summed E-state index contributed by atoms with van der Waals surface area (Å²) in [6, 6.07) is 9.90. The highest BCUT2D eigenvalue weighted by Gasteiger charge is 2.38. The van der Waals surface area contributed by atoms with Gasteiger partial charge in [-0.2, -0.15) is 0 Å². The summed E-state index contributed by atoms with van der Waals surface area (Å²) < 4.78 is 5.89. The molecule has 1 aromatic carbocycles. The summed E-state index contributed by atoms with van der Waals surface area (Å²) >= 11 is 0. The van der Waals surface area contributed by atoms with Crippen LogP contribution in [0.1, 0.15) is 30.9 Å². The van der Waals surface area contributed by atoms with Gasteiger partial charge in [0.1, 0.15) is 0 Å². The smallest absolute Gasteiger partial charge is 0.228 e. The Morgan fingerprint density at radius 1 is 1.18 bits per heavy atom. The molecule has 0 saturated carbocycles. The van der Waals surface area contributed by atoms with Gasteiger partial charge >= 0.3 is 0 Å². The average molecular weight is 302 g/mol. The lowest BCUT2D eigenvalue weighted by Crippen LogP contribution is -2.40. The molecule has 2 saturated heterocycles. The van der Waals surface area contributed by atoms with Gasteiger partial charge in [-0.15, -0.1) is 0 Å². The molecule has 2 heterocycles. The van der Waals surface area contributed by atoms with Crippen LogP contribution in [-0.2, 0) is 14.3 Å². The fourth-order valence-corrected chi connectivity index (χ4v) is 3.43. The van der Waals surface area contributed by atoms with Crippen molar-refractivity contribution in [3.05, 3.63) is 35.9 Å². The van der Waals surface area contributed by atoms with Gasteiger partial charge in [-0.3, -0.25) is 9.59 Å². The van der Waals surface area contributed by atoms with E-state index in [9.17, 15) is 9.59 Å². The van der Waals surface area contributed by atoms with E-state index in [1.54, 1.807) is 4.90 Å². The van der Waals surface area contributed by atoms with Gasteiger partial charge in [-0.25, -0.2) is 0 Å². The second kappa shape index (κ2) is 6.48. The van der Waals surface area contributed by atoms with Crippen molar-refractivity contribution in [2.45, 2.75) is 25.4 Å². The predicted octanol–water partition coefficient (Wildman–Crippen LogP) is 1.49. The molecular weight excluding hydrogens is 280 g/mol. The van der Waals surface area contributed by atoms with Crippen molar-refractivity contribution in [1.82, 2.24) is 4.90 Å². The van der Waals surface area contributed by atoms with E-state index in [0.29, 0.717) is 26.1 Å². The zero-order chi connectivity index (χ0) is 15.5. The molecule has 0 radical (unpaired) electrons. The van der Waals surface area contributed by atoms with Gasteiger partial charge in [-0.1, -0.05) is 30.3 Å². The third-order valence-electron chi connectivity index (χ3n) is 4.67. The van der Waals surface area contributed by atoms with Crippen molar-refractivity contribution in [3.63, 3.8) is 0 Å². The molecule has 3 rings (SSSR count). The first-order chi connectivity index (χ1) is 10.7. The molecule has 0 unspecified atom stereocenters. The van der Waals surface area contributed by atoms with Crippen LogP contribution in [0.5, 0.6) is 0 Å². The first-order valence-electron chi connectivity index (χ1n) is 7.91. The molecule has 2 aliphatic rings. The van der Waals surface area contributed by atoms with Crippen LogP contribution in [0.25, 0.3) is 0 Å². The SMILES string of the molecule is NC(=O)[C@@H]1CCN(C(=O)[C@H]2CCCO[C@H]2c2ccccc2)C1. The molecule has 3 atom stereocenters. The number of carbonyl (C=O) groups excluding carboxylic acids is 2. The van der Waals surface area contributed by atoms with E-state index in [1.807, 2.05) is 30.3 Å². The van der Waals surface area contributed by atoms with E-state index >= 15 is 0 Å². The van der Waals surface area contributed by atoms with Gasteiger partial charge in [0.2, 0.25) is 11.8 Å². The lowest BCUT2D eigenvalue weighted by Gasteiger charge is -2.33. The molecule has 2 amide bonds. The van der Waals surface area contributed by atoms with Gasteiger partial charge in [-0.05, 0) is 24.8 Å². The molecule has 0 aliphatic carbocycles. The van der Waals surface area contributed by atoms with Crippen LogP contribution in [-0.4, -0.2) is 36.4 Å². The number of likely N-dealkylation sites (tertiary alicyclic amines) is 1. The lowest BCUT2D eigenvalue weighted by molar-refractivity contribution is -0.144. The normalized spacial score (nSPS) is 28.5. The second-order valence-corrected chi connectivity index (χ2v) is 6.12. The molecule has 118 valence electrons. The zero-order valence-corrected chi connectivity index (χ0v) is 12.6. The lowest BCUT2D eigenvalue weighted by atomic mass is 9.88. The van der Waals surface area contributed by atoms with Crippen molar-refractivity contribution in [2.75, 3.05) is 19.7 Å². The van der Waals surface area contributed by atoms with Crippen LogP contribution in [0.15, 0.2) is 30.3 Å². The van der Waals surface area contributed by atoms with Crippen LogP contribution in [0.4, 0.5) is 0 Å². The number of amides is 2. The molecule has 0 spiro atoms. The summed E-state index contributed by atoms with van der Waals surface area (Å²) in [6.07, 6.45) is 2.21. The van der Waals surface area contributed by atoms with E-state index in [2.05, 4.69) is 0 Å². The first-order valence-corrected chi connectivity index (χ1v) is 7.91. The minimum Gasteiger partial charge on any atom is -0.373 e. The Kier molecular flexibility index (Phi) is 4.43. The van der Waals surface area contributed by atoms with E-state index in [0.717, 1.165) is 18.4 Å². The van der Waals surface area contributed by atoms with E-state index in [1.165, 1.54) is 0 Å². The maximum Gasteiger partial charge on any atom is 0.228 e. The molecule has 2 N–H and O–H groups in total. The Balaban J connectivity index is 1.74. The summed E-state index contributed by atoms with van der Waals surface area (Å²) in [5, 5.41) is 0. The van der Waals surface area contributed by atoms with Crippen molar-refractivity contribution >= 4 is 11.8 Å². The maximum atomic E-state index is 12.8. The molecule has 1 aromatic rings. The van der Waals surface area contributed by atoms with Crippen LogP contribution in [0.2, 0.25) is 0 Å². The molecule has 5 nitrogen and oxygen atoms in total. The summed E-state index contributed by atoms with van der Waals surface area (Å²) in [5.74, 6) is -0.585. The molecule has 22 heavy (non-hydrogen) atoms. The topological polar surface area (TPSA) is 72.6 Å². The van der Waals surface area contributed by atoms with Crippen LogP contribution < -0.4 is 5.73 Å². The highest BCUT2D eigenvalue weighted by atomic mass is 16.5. The second-order valence-electron chi connectivity index (χ2n) is 6.12. The van der Waals surface area contributed by atoms with E-state index in [-0.39, 0.29) is 29.8 Å². The molecule has 5 heteroatoms. The van der Waals surface area contributed by atoms with Gasteiger partial charge in [0, 0.05) is 19.7 Å². The number of nitrogens with two attached hydrogens (primary N) is 1. The fraction of sp³-hybridized carbons (Fsp3) is 0.529. The van der Waals surface area contributed by atoms with Crippen molar-refractivity contribution < 1.29 is 14.3 Å². The Morgan fingerprint density at radius 2 is 1.95 bits per heavy atom. The van der Waals surface area contributed by atoms with Crippen molar-refractivity contribution in [2.24, 2.45) is 17.6 Å². The monoisotopic (exact) mass is 302 g/mol. The number of hydrogen-bond donors (Lipinski definition) is 1. The van der Waals surface area contributed by atoms with Gasteiger partial charge in [0.05, 0.1) is 17.9 Å². The van der Waals surface area contributed by atoms with Crippen molar-refractivity contribution in [3.8, 4) is 0 Å². The Morgan fingerprint density at radius 3 is 2.64 bits per heavy atom. The van der Waals surface area contributed by atoms with Crippen LogP contribution in [0.3, 0.4) is 0 Å². The van der Waals surface area contributed by atoms with Crippen LogP contribution >= 0.6 is 0 Å². The first kappa shape index (κ1) is 15.0. The molecule has 0 aromatic heterocycles. The predicted molar refractivity (Wildman–Crippen MR) is 81.7 cm³/mol. The Labute approximate surface area is 130 Å². The number of hydrogen-bond acceptors (Lipinski definition) is 3. The summed E-state index contributed by atoms with van der Waals surface area (Å²) in [6.45, 7) is 1.75. The molecule has 2 aliphatic heterocycles. The molecule has 0 bridgehead atoms. The number of rotatable bonds is 3. The van der Waals surface area contributed by atoms with Gasteiger partial charge in [0.25, 0.3) is 0 Å². The summed E-state index contributed by atoms with van der Waals surface area (Å²) in [5.41, 5.74) is 6.40. The quantitative estimate of drug-likeness (QED) is 0.919. The van der Waals surface area contributed by atoms with E-state index < -0.39 is 0 Å². The average Bonchev–Trinajstić information content (AvgIpc) is 3.05. The van der Waals surface area contributed by atoms with Gasteiger partial charge < -0.3 is 15.4 Å². The van der Waals surface area contributed by atoms with Gasteiger partial charge in [0.15, 0.2) is 0 Å². The Bertz CT molecular complexity index is 546. The number of primary amides is 1. The fourth-order valence-electron chi connectivity index (χ4n) is 3.43. The minimum atomic E-state index is -0.310. The summed E-state index contributed by atoms with van der Waals surface area (Å²) in [7, 11) is 0. The molecule has 2 fully saturated rings. The van der Waals surface area contributed by atoms with Crippen molar-refractivity contribution in [1.29, 1.82) is 0 Å². The highest BCUT2D eigenvalue weighted by Crippen LogP contribution is 2.35. The van der Waals surface area contributed by atoms with E-state index in [4.69, 9.17) is 10.5 Å². The number of ether oxygens (including phenoxy) is 1. The largest absolute Gasteiger partial charge is 0.373 e.